The molecular formula is C13H29N3. The van der Waals surface area contributed by atoms with E-state index >= 15 is 0 Å². The molecule has 16 heavy (non-hydrogen) atoms. The van der Waals surface area contributed by atoms with Crippen LogP contribution in [0, 0.1) is 23.2 Å². The van der Waals surface area contributed by atoms with E-state index in [1.165, 1.54) is 6.42 Å². The summed E-state index contributed by atoms with van der Waals surface area (Å²) >= 11 is 0. The molecule has 0 aliphatic rings. The largest absolute Gasteiger partial charge is 0.387 e. The molecule has 0 aliphatic heterocycles. The first-order valence-electron chi connectivity index (χ1n) is 6.35. The smallest absolute Gasteiger partial charge is 0.0937 e. The number of nitrogens with two attached hydrogens (primary N) is 2. The average molecular weight is 227 g/mol. The van der Waals surface area contributed by atoms with Crippen molar-refractivity contribution in [3.63, 3.8) is 0 Å². The number of hydrogen-bond donors (Lipinski definition) is 3. The Morgan fingerprint density at radius 2 is 1.81 bits per heavy atom. The minimum atomic E-state index is -0.228. The SMILES string of the molecule is CCC(C)CCC(C)(N)[C@H](C)[C@@H](C)C(=N)N. The Kier molecular flexibility index (Phi) is 6.01. The minimum Gasteiger partial charge on any atom is -0.387 e. The van der Waals surface area contributed by atoms with Gasteiger partial charge in [0.2, 0.25) is 0 Å². The van der Waals surface area contributed by atoms with Gasteiger partial charge in [-0.3, -0.25) is 5.41 Å². The van der Waals surface area contributed by atoms with Crippen molar-refractivity contribution >= 4 is 5.84 Å². The highest BCUT2D eigenvalue weighted by Crippen LogP contribution is 2.28. The van der Waals surface area contributed by atoms with Crippen LogP contribution in [0.2, 0.25) is 0 Å². The summed E-state index contributed by atoms with van der Waals surface area (Å²) < 4.78 is 0. The molecule has 96 valence electrons. The van der Waals surface area contributed by atoms with Crippen molar-refractivity contribution in [2.24, 2.45) is 29.2 Å². The summed E-state index contributed by atoms with van der Waals surface area (Å²) in [6.45, 7) is 10.6. The molecule has 5 N–H and O–H groups in total. The van der Waals surface area contributed by atoms with Gasteiger partial charge in [-0.05, 0) is 31.6 Å². The van der Waals surface area contributed by atoms with Crippen molar-refractivity contribution in [1.29, 1.82) is 5.41 Å². The zero-order chi connectivity index (χ0) is 12.9. The Morgan fingerprint density at radius 3 is 2.19 bits per heavy atom. The summed E-state index contributed by atoms with van der Waals surface area (Å²) in [5.74, 6) is 1.27. The van der Waals surface area contributed by atoms with E-state index in [4.69, 9.17) is 16.9 Å². The summed E-state index contributed by atoms with van der Waals surface area (Å²) in [6, 6.07) is 0. The van der Waals surface area contributed by atoms with E-state index in [2.05, 4.69) is 27.7 Å². The first-order chi connectivity index (χ1) is 7.22. The van der Waals surface area contributed by atoms with E-state index in [1.54, 1.807) is 0 Å². The molecular weight excluding hydrogens is 198 g/mol. The van der Waals surface area contributed by atoms with E-state index in [9.17, 15) is 0 Å². The van der Waals surface area contributed by atoms with Gasteiger partial charge in [-0.15, -0.1) is 0 Å². The fourth-order valence-corrected chi connectivity index (χ4v) is 1.83. The predicted octanol–water partition coefficient (Wildman–Crippen LogP) is 2.74. The van der Waals surface area contributed by atoms with E-state index in [1.807, 2.05) is 6.92 Å². The van der Waals surface area contributed by atoms with Gasteiger partial charge in [-0.1, -0.05) is 34.1 Å². The van der Waals surface area contributed by atoms with Crippen molar-refractivity contribution in [2.75, 3.05) is 0 Å². The predicted molar refractivity (Wildman–Crippen MR) is 71.5 cm³/mol. The number of amidine groups is 1. The second kappa shape index (κ2) is 6.24. The molecule has 0 aromatic carbocycles. The lowest BCUT2D eigenvalue weighted by atomic mass is 9.75. The van der Waals surface area contributed by atoms with Crippen LogP contribution in [0.5, 0.6) is 0 Å². The number of hydrogen-bond acceptors (Lipinski definition) is 2. The van der Waals surface area contributed by atoms with E-state index in [0.717, 1.165) is 18.8 Å². The lowest BCUT2D eigenvalue weighted by molar-refractivity contribution is 0.239. The molecule has 0 heterocycles. The second-order valence-electron chi connectivity index (χ2n) is 5.59. The van der Waals surface area contributed by atoms with Crippen molar-refractivity contribution in [1.82, 2.24) is 0 Å². The zero-order valence-corrected chi connectivity index (χ0v) is 11.5. The minimum absolute atomic E-state index is 0.0620. The summed E-state index contributed by atoms with van der Waals surface area (Å²) in [4.78, 5) is 0. The van der Waals surface area contributed by atoms with Gasteiger partial charge in [0.1, 0.15) is 0 Å². The van der Waals surface area contributed by atoms with Crippen molar-refractivity contribution in [3.05, 3.63) is 0 Å². The van der Waals surface area contributed by atoms with E-state index in [0.29, 0.717) is 0 Å². The molecule has 0 fully saturated rings. The van der Waals surface area contributed by atoms with Crippen LogP contribution in [0.4, 0.5) is 0 Å². The Labute approximate surface area is 100 Å². The molecule has 2 unspecified atom stereocenters. The van der Waals surface area contributed by atoms with Crippen LogP contribution in [0.15, 0.2) is 0 Å². The highest BCUT2D eigenvalue weighted by molar-refractivity contribution is 5.79. The van der Waals surface area contributed by atoms with Crippen LogP contribution in [0.1, 0.15) is 53.9 Å². The molecule has 0 bridgehead atoms. The molecule has 0 amide bonds. The summed E-state index contributed by atoms with van der Waals surface area (Å²) in [5, 5.41) is 7.49. The number of rotatable bonds is 7. The van der Waals surface area contributed by atoms with Crippen molar-refractivity contribution in [3.8, 4) is 0 Å². The van der Waals surface area contributed by atoms with Crippen molar-refractivity contribution in [2.45, 2.75) is 59.4 Å². The zero-order valence-electron chi connectivity index (χ0n) is 11.5. The Morgan fingerprint density at radius 1 is 1.31 bits per heavy atom. The Hall–Kier alpha value is -0.570. The molecule has 0 saturated carbocycles. The normalized spacial score (nSPS) is 20.9. The highest BCUT2D eigenvalue weighted by Gasteiger charge is 2.31. The van der Waals surface area contributed by atoms with Gasteiger partial charge in [-0.25, -0.2) is 0 Å². The van der Waals surface area contributed by atoms with Gasteiger partial charge < -0.3 is 11.5 Å². The van der Waals surface area contributed by atoms with Gasteiger partial charge >= 0.3 is 0 Å². The summed E-state index contributed by atoms with van der Waals surface area (Å²) in [5.41, 5.74) is 11.7. The monoisotopic (exact) mass is 227 g/mol. The van der Waals surface area contributed by atoms with Crippen molar-refractivity contribution < 1.29 is 0 Å². The third-order valence-corrected chi connectivity index (χ3v) is 4.15. The van der Waals surface area contributed by atoms with Gasteiger partial charge in [-0.2, -0.15) is 0 Å². The van der Waals surface area contributed by atoms with Crippen LogP contribution < -0.4 is 11.5 Å². The standard InChI is InChI=1S/C13H29N3/c1-6-9(2)7-8-13(5,16)11(4)10(3)12(14)15/h9-11H,6-8,16H2,1-5H3,(H3,14,15)/t9?,10-,11-,13?/m1/s1. The molecule has 0 saturated heterocycles. The van der Waals surface area contributed by atoms with Crippen LogP contribution in [-0.2, 0) is 0 Å². The van der Waals surface area contributed by atoms with Gasteiger partial charge in [0.25, 0.3) is 0 Å². The maximum absolute atomic E-state index is 7.49. The molecule has 3 nitrogen and oxygen atoms in total. The van der Waals surface area contributed by atoms with E-state index in [-0.39, 0.29) is 23.2 Å². The van der Waals surface area contributed by atoms with Gasteiger partial charge in [0, 0.05) is 11.5 Å². The molecule has 0 aromatic rings. The lowest BCUT2D eigenvalue weighted by Crippen LogP contribution is -2.48. The van der Waals surface area contributed by atoms with E-state index < -0.39 is 0 Å². The van der Waals surface area contributed by atoms with Crippen LogP contribution in [0.3, 0.4) is 0 Å². The van der Waals surface area contributed by atoms with Crippen LogP contribution in [0.25, 0.3) is 0 Å². The van der Waals surface area contributed by atoms with Crippen LogP contribution >= 0.6 is 0 Å². The quantitative estimate of drug-likeness (QED) is 0.462. The maximum atomic E-state index is 7.49. The molecule has 0 aromatic heterocycles. The fourth-order valence-electron chi connectivity index (χ4n) is 1.83. The van der Waals surface area contributed by atoms with Gasteiger partial charge in [0.05, 0.1) is 5.84 Å². The molecule has 0 aliphatic carbocycles. The molecule has 0 spiro atoms. The third-order valence-electron chi connectivity index (χ3n) is 4.15. The maximum Gasteiger partial charge on any atom is 0.0937 e. The Bertz CT molecular complexity index is 223. The first-order valence-corrected chi connectivity index (χ1v) is 6.35. The fraction of sp³-hybridized carbons (Fsp3) is 0.923. The Balaban J connectivity index is 4.35. The topological polar surface area (TPSA) is 75.9 Å². The lowest BCUT2D eigenvalue weighted by Gasteiger charge is -2.36. The third kappa shape index (κ3) is 4.52. The first kappa shape index (κ1) is 15.4. The average Bonchev–Trinajstić information content (AvgIpc) is 2.23. The molecule has 3 heteroatoms. The summed E-state index contributed by atoms with van der Waals surface area (Å²) in [7, 11) is 0. The number of nitrogens with one attached hydrogen (secondary N) is 1. The molecule has 0 radical (unpaired) electrons. The summed E-state index contributed by atoms with van der Waals surface area (Å²) in [6.07, 6.45) is 3.35. The van der Waals surface area contributed by atoms with Crippen LogP contribution in [-0.4, -0.2) is 11.4 Å². The second-order valence-corrected chi connectivity index (χ2v) is 5.59. The van der Waals surface area contributed by atoms with Gasteiger partial charge in [0.15, 0.2) is 0 Å². The molecule has 0 rings (SSSR count). The molecule has 4 atom stereocenters. The highest BCUT2D eigenvalue weighted by atomic mass is 14.8.